The zero-order valence-electron chi connectivity index (χ0n) is 14.7. The molecule has 0 saturated carbocycles. The Kier molecular flexibility index (Phi) is 5.28. The van der Waals surface area contributed by atoms with Crippen LogP contribution in [-0.2, 0) is 16.6 Å². The molecule has 1 aromatic carbocycles. The van der Waals surface area contributed by atoms with E-state index in [1.807, 2.05) is 0 Å². The van der Waals surface area contributed by atoms with Crippen molar-refractivity contribution in [3.63, 3.8) is 0 Å². The average molecular weight is 386 g/mol. The minimum atomic E-state index is -3.77. The van der Waals surface area contributed by atoms with Crippen molar-refractivity contribution in [2.45, 2.75) is 18.4 Å². The molecule has 2 N–H and O–H groups in total. The van der Waals surface area contributed by atoms with Gasteiger partial charge in [-0.1, -0.05) is 6.07 Å². The maximum absolute atomic E-state index is 12.8. The van der Waals surface area contributed by atoms with E-state index in [9.17, 15) is 13.2 Å². The lowest BCUT2D eigenvalue weighted by atomic mass is 10.2. The number of sulfonamides is 1. The van der Waals surface area contributed by atoms with E-state index in [4.69, 9.17) is 0 Å². The molecule has 0 fully saturated rings. The van der Waals surface area contributed by atoms with Gasteiger partial charge in [-0.2, -0.15) is 9.40 Å². The van der Waals surface area contributed by atoms with Gasteiger partial charge in [-0.05, 0) is 37.3 Å². The Morgan fingerprint density at radius 3 is 2.74 bits per heavy atom. The van der Waals surface area contributed by atoms with Crippen LogP contribution >= 0.6 is 0 Å². The summed E-state index contributed by atoms with van der Waals surface area (Å²) in [5.74, 6) is 0.406. The van der Waals surface area contributed by atoms with E-state index < -0.39 is 15.9 Å². The average Bonchev–Trinajstić information content (AvgIpc) is 3.15. The highest BCUT2D eigenvalue weighted by molar-refractivity contribution is 7.89. The lowest BCUT2D eigenvalue weighted by molar-refractivity contribution is 0.102. The van der Waals surface area contributed by atoms with Gasteiger partial charge in [0.25, 0.3) is 5.91 Å². The first-order chi connectivity index (χ1) is 12.9. The third kappa shape index (κ3) is 4.36. The topological polar surface area (TPSA) is 121 Å². The molecule has 0 saturated heterocycles. The van der Waals surface area contributed by atoms with Crippen LogP contribution in [0.3, 0.4) is 0 Å². The highest BCUT2D eigenvalue weighted by atomic mass is 32.2. The number of carbonyl (C=O) groups is 1. The largest absolute Gasteiger partial charge is 0.306 e. The number of carbonyl (C=O) groups excluding carboxylic acids is 1. The van der Waals surface area contributed by atoms with Crippen LogP contribution in [-0.4, -0.2) is 45.8 Å². The fourth-order valence-corrected chi connectivity index (χ4v) is 3.59. The Morgan fingerprint density at radius 2 is 2.04 bits per heavy atom. The highest BCUT2D eigenvalue weighted by Crippen LogP contribution is 2.18. The van der Waals surface area contributed by atoms with Crippen molar-refractivity contribution in [3.05, 3.63) is 65.9 Å². The standard InChI is InChI=1S/C17H18N6O3S/c1-12-18-8-7-16(20-12)21-17(24)13-4-3-5-15(10-13)27(25,26)23(2)11-14-6-9-19-22-14/h3-10H,11H2,1-2H3,(H,19,22)(H,18,20,21,24). The van der Waals surface area contributed by atoms with Crippen molar-refractivity contribution in [3.8, 4) is 0 Å². The summed E-state index contributed by atoms with van der Waals surface area (Å²) in [6, 6.07) is 9.10. The molecule has 10 heteroatoms. The second-order valence-electron chi connectivity index (χ2n) is 5.81. The number of H-pyrrole nitrogens is 1. The van der Waals surface area contributed by atoms with Gasteiger partial charge in [0, 0.05) is 25.0 Å². The number of hydrogen-bond donors (Lipinski definition) is 2. The van der Waals surface area contributed by atoms with E-state index in [-0.39, 0.29) is 17.0 Å². The molecule has 3 aromatic rings. The van der Waals surface area contributed by atoms with E-state index in [0.29, 0.717) is 17.3 Å². The monoisotopic (exact) mass is 386 g/mol. The maximum atomic E-state index is 12.8. The number of anilines is 1. The number of benzene rings is 1. The van der Waals surface area contributed by atoms with E-state index >= 15 is 0 Å². The van der Waals surface area contributed by atoms with Crippen LogP contribution < -0.4 is 5.32 Å². The van der Waals surface area contributed by atoms with Crippen molar-refractivity contribution in [2.24, 2.45) is 0 Å². The van der Waals surface area contributed by atoms with Crippen molar-refractivity contribution >= 4 is 21.7 Å². The molecule has 2 aromatic heterocycles. The van der Waals surface area contributed by atoms with Gasteiger partial charge in [-0.3, -0.25) is 9.89 Å². The Bertz CT molecular complexity index is 1050. The molecule has 3 rings (SSSR count). The maximum Gasteiger partial charge on any atom is 0.256 e. The molecule has 0 aliphatic rings. The third-order valence-electron chi connectivity index (χ3n) is 3.77. The minimum absolute atomic E-state index is 0.0241. The van der Waals surface area contributed by atoms with E-state index in [0.717, 1.165) is 0 Å². The van der Waals surface area contributed by atoms with Crippen molar-refractivity contribution < 1.29 is 13.2 Å². The first-order valence-electron chi connectivity index (χ1n) is 8.02. The fraction of sp³-hybridized carbons (Fsp3) is 0.176. The Balaban J connectivity index is 1.80. The van der Waals surface area contributed by atoms with Crippen molar-refractivity contribution in [2.75, 3.05) is 12.4 Å². The first kappa shape index (κ1) is 18.7. The number of aryl methyl sites for hydroxylation is 1. The van der Waals surface area contributed by atoms with Crippen LogP contribution in [0.15, 0.2) is 53.7 Å². The van der Waals surface area contributed by atoms with Crippen molar-refractivity contribution in [1.82, 2.24) is 24.5 Å². The molecular weight excluding hydrogens is 368 g/mol. The lowest BCUT2D eigenvalue weighted by Gasteiger charge is -2.16. The molecule has 140 valence electrons. The van der Waals surface area contributed by atoms with Gasteiger partial charge in [0.15, 0.2) is 0 Å². The number of nitrogens with one attached hydrogen (secondary N) is 2. The number of rotatable bonds is 6. The van der Waals surface area contributed by atoms with Crippen molar-refractivity contribution in [1.29, 1.82) is 0 Å². The van der Waals surface area contributed by atoms with Crippen LogP contribution in [0.1, 0.15) is 21.9 Å². The Labute approximate surface area is 156 Å². The third-order valence-corrected chi connectivity index (χ3v) is 5.57. The predicted octanol–water partition coefficient (Wildman–Crippen LogP) is 1.58. The normalized spacial score (nSPS) is 11.5. The summed E-state index contributed by atoms with van der Waals surface area (Å²) >= 11 is 0. The minimum Gasteiger partial charge on any atom is -0.306 e. The molecule has 0 unspecified atom stereocenters. The van der Waals surface area contributed by atoms with E-state index in [1.54, 1.807) is 25.3 Å². The number of aromatic nitrogens is 4. The quantitative estimate of drug-likeness (QED) is 0.663. The Morgan fingerprint density at radius 1 is 1.22 bits per heavy atom. The van der Waals surface area contributed by atoms with Gasteiger partial charge in [0.2, 0.25) is 10.0 Å². The van der Waals surface area contributed by atoms with Gasteiger partial charge >= 0.3 is 0 Å². The van der Waals surface area contributed by atoms with Crippen LogP contribution in [0.25, 0.3) is 0 Å². The van der Waals surface area contributed by atoms with Gasteiger partial charge in [0.05, 0.1) is 17.1 Å². The summed E-state index contributed by atoms with van der Waals surface area (Å²) in [6.07, 6.45) is 3.08. The van der Waals surface area contributed by atoms with Gasteiger partial charge in [-0.15, -0.1) is 0 Å². The van der Waals surface area contributed by atoms with Crippen LogP contribution in [0.5, 0.6) is 0 Å². The molecule has 2 heterocycles. The molecule has 0 radical (unpaired) electrons. The fourth-order valence-electron chi connectivity index (χ4n) is 2.39. The molecule has 1 amide bonds. The second kappa shape index (κ2) is 7.64. The molecular formula is C17H18N6O3S. The number of hydrogen-bond acceptors (Lipinski definition) is 6. The lowest BCUT2D eigenvalue weighted by Crippen LogP contribution is -2.27. The first-order valence-corrected chi connectivity index (χ1v) is 9.46. The number of amides is 1. The van der Waals surface area contributed by atoms with Gasteiger partial charge in [-0.25, -0.2) is 18.4 Å². The SMILES string of the molecule is Cc1nccc(NC(=O)c2cccc(S(=O)(=O)N(C)Cc3ccn[nH]3)c2)n1. The van der Waals surface area contributed by atoms with Gasteiger partial charge in [0.1, 0.15) is 11.6 Å². The van der Waals surface area contributed by atoms with E-state index in [1.165, 1.54) is 41.8 Å². The zero-order chi connectivity index (χ0) is 19.4. The molecule has 0 bridgehead atoms. The summed E-state index contributed by atoms with van der Waals surface area (Å²) in [7, 11) is -2.31. The molecule has 0 spiro atoms. The second-order valence-corrected chi connectivity index (χ2v) is 7.86. The predicted molar refractivity (Wildman–Crippen MR) is 98.4 cm³/mol. The summed E-state index contributed by atoms with van der Waals surface area (Å²) in [4.78, 5) is 20.5. The van der Waals surface area contributed by atoms with Crippen LogP contribution in [0.2, 0.25) is 0 Å². The summed E-state index contributed by atoms with van der Waals surface area (Å²) < 4.78 is 26.7. The van der Waals surface area contributed by atoms with Crippen LogP contribution in [0, 0.1) is 6.92 Å². The Hall–Kier alpha value is -3.11. The summed E-state index contributed by atoms with van der Waals surface area (Å²) in [6.45, 7) is 1.84. The summed E-state index contributed by atoms with van der Waals surface area (Å²) in [5.41, 5.74) is 0.872. The number of nitrogens with zero attached hydrogens (tertiary/aromatic N) is 4. The highest BCUT2D eigenvalue weighted by Gasteiger charge is 2.22. The summed E-state index contributed by atoms with van der Waals surface area (Å²) in [5, 5.41) is 9.16. The molecule has 0 atom stereocenters. The van der Waals surface area contributed by atoms with Gasteiger partial charge < -0.3 is 5.32 Å². The smallest absolute Gasteiger partial charge is 0.256 e. The zero-order valence-corrected chi connectivity index (χ0v) is 15.6. The number of aromatic amines is 1. The molecule has 0 aliphatic carbocycles. The molecule has 0 aliphatic heterocycles. The molecule has 9 nitrogen and oxygen atoms in total. The van der Waals surface area contributed by atoms with Crippen LogP contribution in [0.4, 0.5) is 5.82 Å². The molecule has 27 heavy (non-hydrogen) atoms. The van der Waals surface area contributed by atoms with E-state index in [2.05, 4.69) is 25.5 Å².